The lowest BCUT2D eigenvalue weighted by molar-refractivity contribution is -0.132. The van der Waals surface area contributed by atoms with Crippen LogP contribution in [-0.2, 0) is 16.1 Å². The van der Waals surface area contributed by atoms with E-state index in [1.807, 2.05) is 13.0 Å². The predicted octanol–water partition coefficient (Wildman–Crippen LogP) is 1.72. The molecule has 1 atom stereocenters. The van der Waals surface area contributed by atoms with Crippen LogP contribution in [0, 0.1) is 5.82 Å². The van der Waals surface area contributed by atoms with E-state index in [0.29, 0.717) is 29.1 Å². The van der Waals surface area contributed by atoms with Gasteiger partial charge in [-0.1, -0.05) is 18.2 Å². The lowest BCUT2D eigenvalue weighted by Gasteiger charge is -2.32. The second-order valence-corrected chi connectivity index (χ2v) is 7.30. The van der Waals surface area contributed by atoms with Crippen molar-refractivity contribution in [3.8, 4) is 0 Å². The van der Waals surface area contributed by atoms with Crippen molar-refractivity contribution >= 4 is 17.8 Å². The van der Waals surface area contributed by atoms with E-state index in [9.17, 15) is 18.8 Å². The highest BCUT2D eigenvalue weighted by molar-refractivity contribution is 6.03. The van der Waals surface area contributed by atoms with Crippen LogP contribution in [0.2, 0.25) is 0 Å². The van der Waals surface area contributed by atoms with Gasteiger partial charge in [-0.25, -0.2) is 9.18 Å². The molecular weight excluding hydrogens is 401 g/mol. The summed E-state index contributed by atoms with van der Waals surface area (Å²) in [6.07, 6.45) is 1.64. The molecule has 3 heterocycles. The van der Waals surface area contributed by atoms with Gasteiger partial charge in [0, 0.05) is 12.7 Å². The lowest BCUT2D eigenvalue weighted by atomic mass is 9.95. The Bertz CT molecular complexity index is 1040. The number of nitrogens with zero attached hydrogens (tertiary/aromatic N) is 3. The average molecular weight is 423 g/mol. The molecule has 0 bridgehead atoms. The van der Waals surface area contributed by atoms with Crippen LogP contribution in [0.25, 0.3) is 0 Å². The van der Waals surface area contributed by atoms with E-state index in [1.54, 1.807) is 30.5 Å². The Morgan fingerprint density at radius 1 is 1.23 bits per heavy atom. The molecule has 1 aromatic heterocycles. The van der Waals surface area contributed by atoms with Gasteiger partial charge >= 0.3 is 6.03 Å². The Kier molecular flexibility index (Phi) is 5.66. The number of halogens is 1. The molecular formula is C22H22FN5O3. The highest BCUT2D eigenvalue weighted by Gasteiger charge is 2.43. The number of benzene rings is 1. The summed E-state index contributed by atoms with van der Waals surface area (Å²) in [5.74, 6) is -1.05. The fourth-order valence-electron chi connectivity index (χ4n) is 3.84. The van der Waals surface area contributed by atoms with E-state index >= 15 is 0 Å². The third kappa shape index (κ3) is 4.11. The second kappa shape index (κ2) is 8.55. The number of nitrogens with one attached hydrogen (secondary N) is 2. The summed E-state index contributed by atoms with van der Waals surface area (Å²) in [4.78, 5) is 45.3. The first-order valence-electron chi connectivity index (χ1n) is 10.0. The van der Waals surface area contributed by atoms with Gasteiger partial charge in [-0.05, 0) is 36.8 Å². The van der Waals surface area contributed by atoms with E-state index in [-0.39, 0.29) is 37.5 Å². The smallest absolute Gasteiger partial charge is 0.322 e. The monoisotopic (exact) mass is 423 g/mol. The summed E-state index contributed by atoms with van der Waals surface area (Å²) in [6, 6.07) is 10.1. The van der Waals surface area contributed by atoms with E-state index in [4.69, 9.17) is 0 Å². The molecule has 9 heteroatoms. The van der Waals surface area contributed by atoms with Crippen molar-refractivity contribution in [2.75, 3.05) is 19.6 Å². The third-order valence-electron chi connectivity index (χ3n) is 5.34. The highest BCUT2D eigenvalue weighted by Crippen LogP contribution is 2.36. The molecule has 2 N–H and O–H groups in total. The lowest BCUT2D eigenvalue weighted by Crippen LogP contribution is -2.47. The van der Waals surface area contributed by atoms with Crippen molar-refractivity contribution in [1.29, 1.82) is 0 Å². The van der Waals surface area contributed by atoms with Crippen LogP contribution in [-0.4, -0.2) is 52.3 Å². The van der Waals surface area contributed by atoms with Crippen molar-refractivity contribution in [2.24, 2.45) is 0 Å². The van der Waals surface area contributed by atoms with Crippen molar-refractivity contribution in [3.63, 3.8) is 0 Å². The number of carbonyl (C=O) groups excluding carboxylic acids is 3. The third-order valence-corrected chi connectivity index (χ3v) is 5.34. The largest absolute Gasteiger partial charge is 0.349 e. The first kappa shape index (κ1) is 20.5. The Hall–Kier alpha value is -3.75. The number of rotatable bonds is 6. The van der Waals surface area contributed by atoms with Gasteiger partial charge in [-0.15, -0.1) is 0 Å². The van der Waals surface area contributed by atoms with Crippen LogP contribution < -0.4 is 10.6 Å². The normalized spacial score (nSPS) is 18.2. The quantitative estimate of drug-likeness (QED) is 0.740. The number of hydrogen-bond acceptors (Lipinski definition) is 4. The van der Waals surface area contributed by atoms with E-state index in [1.165, 1.54) is 21.9 Å². The number of hydrogen-bond donors (Lipinski definition) is 2. The van der Waals surface area contributed by atoms with Crippen molar-refractivity contribution in [2.45, 2.75) is 19.5 Å². The van der Waals surface area contributed by atoms with Gasteiger partial charge in [0.2, 0.25) is 5.91 Å². The Labute approximate surface area is 178 Å². The van der Waals surface area contributed by atoms with E-state index in [2.05, 4.69) is 15.6 Å². The molecule has 0 aliphatic carbocycles. The fourth-order valence-corrected chi connectivity index (χ4v) is 3.84. The molecule has 0 saturated carbocycles. The molecule has 0 fully saturated rings. The molecule has 31 heavy (non-hydrogen) atoms. The van der Waals surface area contributed by atoms with Gasteiger partial charge in [-0.3, -0.25) is 19.5 Å². The van der Waals surface area contributed by atoms with Gasteiger partial charge in [0.15, 0.2) is 0 Å². The maximum atomic E-state index is 13.4. The molecule has 2 aliphatic rings. The summed E-state index contributed by atoms with van der Waals surface area (Å²) >= 11 is 0. The maximum absolute atomic E-state index is 13.4. The van der Waals surface area contributed by atoms with Crippen LogP contribution in [0.5, 0.6) is 0 Å². The molecule has 2 aliphatic heterocycles. The zero-order valence-corrected chi connectivity index (χ0v) is 17.0. The minimum atomic E-state index is -0.694. The molecule has 0 spiro atoms. The SMILES string of the molecule is CCN1C(=O)N[C@@H](c2ccc(F)cc2)C2=C1CN(CC(=O)NCc1ccccn1)C2=O. The minimum absolute atomic E-state index is 0.138. The zero-order valence-electron chi connectivity index (χ0n) is 17.0. The first-order valence-corrected chi connectivity index (χ1v) is 10.0. The van der Waals surface area contributed by atoms with Crippen LogP contribution in [0.4, 0.5) is 9.18 Å². The average Bonchev–Trinajstić information content (AvgIpc) is 3.09. The van der Waals surface area contributed by atoms with Crippen LogP contribution in [0.3, 0.4) is 0 Å². The van der Waals surface area contributed by atoms with Crippen LogP contribution in [0.15, 0.2) is 59.9 Å². The standard InChI is InChI=1S/C22H22FN5O3/c1-2-28-17-12-27(13-18(29)25-11-16-5-3-4-10-24-16)21(30)19(17)20(26-22(28)31)14-6-8-15(23)9-7-14/h3-10,20H,2,11-13H2,1H3,(H,25,29)(H,26,31)/t20-/m0/s1. The molecule has 4 rings (SSSR count). The van der Waals surface area contributed by atoms with Crippen molar-refractivity contribution in [1.82, 2.24) is 25.4 Å². The Morgan fingerprint density at radius 3 is 2.68 bits per heavy atom. The molecule has 160 valence electrons. The molecule has 1 aromatic carbocycles. The molecule has 2 aromatic rings. The maximum Gasteiger partial charge on any atom is 0.322 e. The van der Waals surface area contributed by atoms with E-state index < -0.39 is 11.9 Å². The number of pyridine rings is 1. The van der Waals surface area contributed by atoms with Crippen molar-refractivity contribution in [3.05, 3.63) is 77.0 Å². The highest BCUT2D eigenvalue weighted by atomic mass is 19.1. The Morgan fingerprint density at radius 2 is 2.00 bits per heavy atom. The van der Waals surface area contributed by atoms with Crippen LogP contribution in [0.1, 0.15) is 24.2 Å². The molecule has 0 saturated heterocycles. The zero-order chi connectivity index (χ0) is 22.0. The second-order valence-electron chi connectivity index (χ2n) is 7.30. The molecule has 0 unspecified atom stereocenters. The summed E-state index contributed by atoms with van der Waals surface area (Å²) < 4.78 is 13.4. The fraction of sp³-hybridized carbons (Fsp3) is 0.273. The Balaban J connectivity index is 1.51. The van der Waals surface area contributed by atoms with Gasteiger partial charge in [0.1, 0.15) is 12.4 Å². The summed E-state index contributed by atoms with van der Waals surface area (Å²) in [5, 5.41) is 5.59. The molecule has 4 amide bonds. The number of amides is 4. The number of carbonyl (C=O) groups is 3. The van der Waals surface area contributed by atoms with Gasteiger partial charge in [-0.2, -0.15) is 0 Å². The van der Waals surface area contributed by atoms with Gasteiger partial charge < -0.3 is 15.5 Å². The first-order chi connectivity index (χ1) is 15.0. The van der Waals surface area contributed by atoms with Gasteiger partial charge in [0.05, 0.1) is 36.1 Å². The summed E-state index contributed by atoms with van der Waals surface area (Å²) in [6.45, 7) is 2.47. The molecule has 0 radical (unpaired) electrons. The summed E-state index contributed by atoms with van der Waals surface area (Å²) in [5.41, 5.74) is 2.30. The van der Waals surface area contributed by atoms with Gasteiger partial charge in [0.25, 0.3) is 5.91 Å². The topological polar surface area (TPSA) is 94.6 Å². The number of urea groups is 1. The predicted molar refractivity (Wildman–Crippen MR) is 110 cm³/mol. The summed E-state index contributed by atoms with van der Waals surface area (Å²) in [7, 11) is 0. The van der Waals surface area contributed by atoms with Crippen LogP contribution >= 0.6 is 0 Å². The minimum Gasteiger partial charge on any atom is -0.349 e. The van der Waals surface area contributed by atoms with Crippen molar-refractivity contribution < 1.29 is 18.8 Å². The number of aromatic nitrogens is 1. The molecule has 8 nitrogen and oxygen atoms in total. The van der Waals surface area contributed by atoms with E-state index in [0.717, 1.165) is 0 Å². The number of likely N-dealkylation sites (N-methyl/N-ethyl adjacent to an activating group) is 1.